The molecule has 0 saturated carbocycles. The van der Waals surface area contributed by atoms with Gasteiger partial charge in [0.2, 0.25) is 0 Å². The Morgan fingerprint density at radius 1 is 0.488 bits per heavy atom. The first-order valence-electron chi connectivity index (χ1n) is 16.2. The van der Waals surface area contributed by atoms with Gasteiger partial charge in [-0.05, 0) is 94.9 Å². The van der Waals surface area contributed by atoms with Crippen molar-refractivity contribution in [3.8, 4) is 0 Å². The van der Waals surface area contributed by atoms with E-state index in [1.165, 1.54) is 33.4 Å². The second kappa shape index (κ2) is 14.3. The van der Waals surface area contributed by atoms with Crippen LogP contribution in [-0.2, 0) is 0 Å². The molecule has 0 amide bonds. The topological polar surface area (TPSA) is 37.6 Å². The highest BCUT2D eigenvalue weighted by Crippen LogP contribution is 2.40. The Morgan fingerprint density at radius 2 is 0.767 bits per heavy atom. The lowest BCUT2D eigenvalue weighted by molar-refractivity contribution is 0.805. The second-order valence-electron chi connectivity index (χ2n) is 14.0. The lowest BCUT2D eigenvalue weighted by Gasteiger charge is -2.21. The Hall–Kier alpha value is -2.78. The summed E-state index contributed by atoms with van der Waals surface area (Å²) in [6, 6.07) is 13.2. The molecule has 0 atom stereocenters. The predicted octanol–water partition coefficient (Wildman–Crippen LogP) is 12.8. The van der Waals surface area contributed by atoms with Crippen LogP contribution in [0, 0.1) is 0 Å². The Labute approximate surface area is 267 Å². The van der Waals surface area contributed by atoms with Crippen molar-refractivity contribution in [1.82, 2.24) is 4.98 Å². The number of nitrogens with zero attached hydrogens (tertiary/aromatic N) is 3. The molecular formula is C39H54ClN3. The number of pyridine rings is 1. The van der Waals surface area contributed by atoms with Gasteiger partial charge >= 0.3 is 0 Å². The fourth-order valence-electron chi connectivity index (χ4n) is 5.41. The summed E-state index contributed by atoms with van der Waals surface area (Å²) in [6.07, 6.45) is 0. The minimum atomic E-state index is 0.354. The molecule has 0 aliphatic carbocycles. The zero-order valence-corrected chi connectivity index (χ0v) is 29.9. The fourth-order valence-corrected chi connectivity index (χ4v) is 5.62. The molecule has 0 aliphatic heterocycles. The van der Waals surface area contributed by atoms with Gasteiger partial charge in [-0.1, -0.05) is 119 Å². The van der Waals surface area contributed by atoms with Crippen molar-refractivity contribution in [1.29, 1.82) is 0 Å². The SMILES string of the molecule is CC(=Nc1c(C(C)C)cc(C(C)C)cc1C(C)C)c1cc(Cl)cc(C(C)=Nc2c(C(C)C)cc(C(C)C)cc2C(C)C)n1. The predicted molar refractivity (Wildman–Crippen MR) is 190 cm³/mol. The molecule has 0 N–H and O–H groups in total. The molecule has 0 saturated heterocycles. The Balaban J connectivity index is 2.20. The summed E-state index contributed by atoms with van der Waals surface area (Å²) in [5, 5.41) is 0.635. The van der Waals surface area contributed by atoms with Gasteiger partial charge in [-0.15, -0.1) is 0 Å². The highest BCUT2D eigenvalue weighted by Gasteiger charge is 2.20. The van der Waals surface area contributed by atoms with Gasteiger partial charge in [-0.3, -0.25) is 9.98 Å². The number of halogens is 1. The molecule has 4 heteroatoms. The minimum Gasteiger partial charge on any atom is -0.251 e. The molecule has 3 rings (SSSR count). The second-order valence-corrected chi connectivity index (χ2v) is 14.4. The first-order chi connectivity index (χ1) is 20.0. The van der Waals surface area contributed by atoms with Gasteiger partial charge in [0, 0.05) is 5.02 Å². The lowest BCUT2D eigenvalue weighted by atomic mass is 9.87. The van der Waals surface area contributed by atoms with E-state index in [0.717, 1.165) is 34.2 Å². The van der Waals surface area contributed by atoms with Crippen LogP contribution >= 0.6 is 11.6 Å². The van der Waals surface area contributed by atoms with E-state index >= 15 is 0 Å². The van der Waals surface area contributed by atoms with E-state index in [1.807, 2.05) is 26.0 Å². The van der Waals surface area contributed by atoms with Crippen molar-refractivity contribution in [2.45, 2.75) is 132 Å². The molecule has 43 heavy (non-hydrogen) atoms. The van der Waals surface area contributed by atoms with Crippen LogP contribution in [0.1, 0.15) is 177 Å². The summed E-state index contributed by atoms with van der Waals surface area (Å²) < 4.78 is 0. The van der Waals surface area contributed by atoms with E-state index in [-0.39, 0.29) is 0 Å². The molecule has 3 aromatic rings. The molecule has 1 heterocycles. The molecule has 232 valence electrons. The summed E-state index contributed by atoms with van der Waals surface area (Å²) in [6.45, 7) is 31.1. The maximum atomic E-state index is 6.73. The smallest absolute Gasteiger partial charge is 0.0864 e. The molecule has 0 radical (unpaired) electrons. The summed E-state index contributed by atoms with van der Waals surface area (Å²) in [5.74, 6) is 2.34. The normalized spacial score (nSPS) is 13.1. The Morgan fingerprint density at radius 3 is 1.00 bits per heavy atom. The van der Waals surface area contributed by atoms with Gasteiger partial charge in [-0.25, -0.2) is 4.98 Å². The molecule has 0 unspecified atom stereocenters. The van der Waals surface area contributed by atoms with E-state index in [1.54, 1.807) is 0 Å². The van der Waals surface area contributed by atoms with E-state index in [4.69, 9.17) is 26.6 Å². The van der Waals surface area contributed by atoms with Crippen LogP contribution in [0.5, 0.6) is 0 Å². The number of benzene rings is 2. The molecule has 3 nitrogen and oxygen atoms in total. The lowest BCUT2D eigenvalue weighted by Crippen LogP contribution is -2.07. The Kier molecular flexibility index (Phi) is 11.6. The molecule has 0 bridgehead atoms. The highest BCUT2D eigenvalue weighted by molar-refractivity contribution is 6.31. The van der Waals surface area contributed by atoms with Crippen molar-refractivity contribution in [3.05, 3.63) is 86.2 Å². The van der Waals surface area contributed by atoms with Crippen molar-refractivity contribution in [2.24, 2.45) is 9.98 Å². The van der Waals surface area contributed by atoms with Gasteiger partial charge in [0.05, 0.1) is 34.2 Å². The van der Waals surface area contributed by atoms with E-state index in [9.17, 15) is 0 Å². The van der Waals surface area contributed by atoms with Gasteiger partial charge in [0.15, 0.2) is 0 Å². The maximum Gasteiger partial charge on any atom is 0.0864 e. The number of rotatable bonds is 10. The zero-order valence-electron chi connectivity index (χ0n) is 29.1. The fraction of sp³-hybridized carbons (Fsp3) is 0.513. The van der Waals surface area contributed by atoms with Crippen molar-refractivity contribution in [3.63, 3.8) is 0 Å². The van der Waals surface area contributed by atoms with Crippen LogP contribution in [-0.4, -0.2) is 16.4 Å². The average molecular weight is 600 g/mol. The van der Waals surface area contributed by atoms with Crippen LogP contribution in [0.15, 0.2) is 46.4 Å². The van der Waals surface area contributed by atoms with Crippen LogP contribution in [0.4, 0.5) is 11.4 Å². The Bertz CT molecular complexity index is 1340. The highest BCUT2D eigenvalue weighted by atomic mass is 35.5. The summed E-state index contributed by atoms with van der Waals surface area (Å²) in [4.78, 5) is 15.6. The molecule has 0 aliphatic rings. The largest absolute Gasteiger partial charge is 0.251 e. The third-order valence-electron chi connectivity index (χ3n) is 8.29. The summed E-state index contributed by atoms with van der Waals surface area (Å²) in [7, 11) is 0. The minimum absolute atomic E-state index is 0.354. The summed E-state index contributed by atoms with van der Waals surface area (Å²) in [5.41, 5.74) is 13.2. The molecule has 1 aromatic heterocycles. The summed E-state index contributed by atoms with van der Waals surface area (Å²) >= 11 is 6.73. The van der Waals surface area contributed by atoms with Crippen LogP contribution in [0.2, 0.25) is 5.02 Å². The third kappa shape index (κ3) is 8.24. The molecular weight excluding hydrogens is 546 g/mol. The standard InChI is InChI=1S/C39H54ClN3/c1-21(2)29-15-32(23(5)6)38(33(16-29)24(7)8)41-27(13)36-19-31(40)20-37(43-36)28(14)42-39-34(25(9)10)17-30(22(3)4)18-35(39)26(11)12/h15-26H,1-14H3. The molecule has 2 aromatic carbocycles. The van der Waals surface area contributed by atoms with Crippen molar-refractivity contribution < 1.29 is 0 Å². The van der Waals surface area contributed by atoms with Crippen molar-refractivity contribution >= 4 is 34.4 Å². The first kappa shape index (κ1) is 34.7. The third-order valence-corrected chi connectivity index (χ3v) is 8.51. The van der Waals surface area contributed by atoms with Crippen LogP contribution < -0.4 is 0 Å². The van der Waals surface area contributed by atoms with Crippen LogP contribution in [0.25, 0.3) is 0 Å². The van der Waals surface area contributed by atoms with Crippen molar-refractivity contribution in [2.75, 3.05) is 0 Å². The zero-order chi connectivity index (χ0) is 32.3. The number of hydrogen-bond donors (Lipinski definition) is 0. The van der Waals surface area contributed by atoms with Gasteiger partial charge in [0.1, 0.15) is 0 Å². The monoisotopic (exact) mass is 599 g/mol. The number of aromatic nitrogens is 1. The quantitative estimate of drug-likeness (QED) is 0.213. The van der Waals surface area contributed by atoms with E-state index in [0.29, 0.717) is 40.5 Å². The van der Waals surface area contributed by atoms with Gasteiger partial charge < -0.3 is 0 Å². The molecule has 0 fully saturated rings. The molecule has 0 spiro atoms. The van der Waals surface area contributed by atoms with Gasteiger partial charge in [0.25, 0.3) is 0 Å². The average Bonchev–Trinajstić information content (AvgIpc) is 2.91. The van der Waals surface area contributed by atoms with E-state index in [2.05, 4.69) is 107 Å². The first-order valence-corrected chi connectivity index (χ1v) is 16.5. The van der Waals surface area contributed by atoms with Crippen LogP contribution in [0.3, 0.4) is 0 Å². The maximum absolute atomic E-state index is 6.73. The van der Waals surface area contributed by atoms with E-state index < -0.39 is 0 Å². The van der Waals surface area contributed by atoms with Gasteiger partial charge in [-0.2, -0.15) is 0 Å². The number of hydrogen-bond acceptors (Lipinski definition) is 3. The number of aliphatic imine (C=N–C) groups is 2.